The maximum Gasteiger partial charge on any atom is 0.319 e. The molecule has 0 bridgehead atoms. The molecule has 0 aliphatic carbocycles. The highest BCUT2D eigenvalue weighted by Crippen LogP contribution is 2.35. The Bertz CT molecular complexity index is 1300. The number of carbonyl (C=O) groups is 2. The van der Waals surface area contributed by atoms with Crippen LogP contribution in [0, 0.1) is 0 Å². The molecule has 0 spiro atoms. The molecule has 3 aromatic rings. The van der Waals surface area contributed by atoms with Crippen molar-refractivity contribution in [2.45, 2.75) is 19.4 Å². The average Bonchev–Trinajstić information content (AvgIpc) is 2.88. The fraction of sp³-hybridized carbons (Fsp3) is 0.269. The lowest BCUT2D eigenvalue weighted by molar-refractivity contribution is -0.143. The molecular formula is C26H29N3O7. The van der Waals surface area contributed by atoms with Gasteiger partial charge in [0.05, 0.1) is 33.3 Å². The van der Waals surface area contributed by atoms with Crippen molar-refractivity contribution in [2.24, 2.45) is 7.05 Å². The molecule has 0 aliphatic heterocycles. The number of rotatable bonds is 9. The molecule has 2 amide bonds. The summed E-state index contributed by atoms with van der Waals surface area (Å²) in [6, 6.07) is 12.4. The summed E-state index contributed by atoms with van der Waals surface area (Å²) in [6.45, 7) is 1.87. The molecular weight excluding hydrogens is 466 g/mol. The number of nitrogens with one attached hydrogen (secondary N) is 2. The van der Waals surface area contributed by atoms with Gasteiger partial charge >= 0.3 is 12.0 Å². The summed E-state index contributed by atoms with van der Waals surface area (Å²) in [5, 5.41) is 15.1. The number of urea groups is 1. The molecule has 10 nitrogen and oxygen atoms in total. The minimum absolute atomic E-state index is 0.163. The summed E-state index contributed by atoms with van der Waals surface area (Å²) in [5.41, 5.74) is 1.27. The Balaban J connectivity index is 1.97. The fourth-order valence-electron chi connectivity index (χ4n) is 3.64. The molecule has 3 rings (SSSR count). The van der Waals surface area contributed by atoms with Crippen LogP contribution in [0.4, 0.5) is 10.5 Å². The zero-order chi connectivity index (χ0) is 26.2. The van der Waals surface area contributed by atoms with Crippen LogP contribution in [0.1, 0.15) is 24.9 Å². The number of benzene rings is 2. The van der Waals surface area contributed by atoms with E-state index in [4.69, 9.17) is 14.2 Å². The van der Waals surface area contributed by atoms with Crippen molar-refractivity contribution in [1.82, 2.24) is 9.88 Å². The summed E-state index contributed by atoms with van der Waals surface area (Å²) in [4.78, 5) is 37.5. The third kappa shape index (κ3) is 6.15. The Hall–Kier alpha value is -4.47. The second-order valence-corrected chi connectivity index (χ2v) is 7.84. The van der Waals surface area contributed by atoms with Gasteiger partial charge in [-0.05, 0) is 48.4 Å². The van der Waals surface area contributed by atoms with E-state index in [-0.39, 0.29) is 24.5 Å². The molecule has 0 unspecified atom stereocenters. The predicted octanol–water partition coefficient (Wildman–Crippen LogP) is 3.59. The van der Waals surface area contributed by atoms with Crippen molar-refractivity contribution in [3.8, 4) is 28.4 Å². The Labute approximate surface area is 208 Å². The van der Waals surface area contributed by atoms with E-state index in [0.717, 1.165) is 11.1 Å². The van der Waals surface area contributed by atoms with Gasteiger partial charge in [-0.25, -0.2) is 4.79 Å². The molecule has 0 fully saturated rings. The Morgan fingerprint density at radius 3 is 2.56 bits per heavy atom. The molecule has 1 atom stereocenters. The second-order valence-electron chi connectivity index (χ2n) is 7.84. The van der Waals surface area contributed by atoms with E-state index in [9.17, 15) is 19.5 Å². The summed E-state index contributed by atoms with van der Waals surface area (Å²) in [6.07, 6.45) is 1.21. The quantitative estimate of drug-likeness (QED) is 0.387. The van der Waals surface area contributed by atoms with Gasteiger partial charge in [0.2, 0.25) is 0 Å². The summed E-state index contributed by atoms with van der Waals surface area (Å²) < 4.78 is 17.2. The topological polar surface area (TPSA) is 128 Å². The van der Waals surface area contributed by atoms with Gasteiger partial charge < -0.3 is 34.5 Å². The number of methoxy groups -OCH3 is 2. The van der Waals surface area contributed by atoms with Crippen LogP contribution in [0.25, 0.3) is 11.1 Å². The Morgan fingerprint density at radius 2 is 1.86 bits per heavy atom. The third-order valence-corrected chi connectivity index (χ3v) is 5.47. The summed E-state index contributed by atoms with van der Waals surface area (Å²) >= 11 is 0. The van der Waals surface area contributed by atoms with Crippen molar-refractivity contribution < 1.29 is 28.9 Å². The van der Waals surface area contributed by atoms with Gasteiger partial charge in [-0.2, -0.15) is 0 Å². The zero-order valence-corrected chi connectivity index (χ0v) is 20.5. The number of carbonyl (C=O) groups excluding carboxylic acids is 2. The van der Waals surface area contributed by atoms with Crippen LogP contribution in [0.3, 0.4) is 0 Å². The van der Waals surface area contributed by atoms with E-state index in [1.54, 1.807) is 39.3 Å². The van der Waals surface area contributed by atoms with Gasteiger partial charge in [0.25, 0.3) is 5.56 Å². The minimum atomic E-state index is -0.811. The Morgan fingerprint density at radius 1 is 1.08 bits per heavy atom. The number of nitrogens with zero attached hydrogens (tertiary/aromatic N) is 1. The van der Waals surface area contributed by atoms with Crippen LogP contribution < -0.4 is 25.7 Å². The number of esters is 1. The molecule has 0 radical (unpaired) electrons. The van der Waals surface area contributed by atoms with Crippen molar-refractivity contribution >= 4 is 17.7 Å². The second kappa shape index (κ2) is 11.8. The lowest BCUT2D eigenvalue weighted by Gasteiger charge is -2.21. The normalized spacial score (nSPS) is 11.3. The lowest BCUT2D eigenvalue weighted by atomic mass is 9.96. The first-order valence-corrected chi connectivity index (χ1v) is 11.2. The highest BCUT2D eigenvalue weighted by molar-refractivity contribution is 5.91. The van der Waals surface area contributed by atoms with Gasteiger partial charge in [-0.3, -0.25) is 9.59 Å². The standard InChI is InChI=1S/C26H29N3O7/c1-5-36-23(31)15-20(27-26(33)28-24-21(30)11-12-29(2)25(24)32)17-9-10-22(35-4)19(14-17)16-7-6-8-18(13-16)34-3/h6-14,20,30H,5,15H2,1-4H3,(H2,27,28,33)/t20-/m0/s1. The monoisotopic (exact) mass is 495 g/mol. The highest BCUT2D eigenvalue weighted by Gasteiger charge is 2.22. The van der Waals surface area contributed by atoms with Gasteiger partial charge in [-0.1, -0.05) is 18.2 Å². The first-order chi connectivity index (χ1) is 17.3. The number of aromatic hydroxyl groups is 1. The number of pyridine rings is 1. The van der Waals surface area contributed by atoms with Crippen molar-refractivity contribution in [1.29, 1.82) is 0 Å². The lowest BCUT2D eigenvalue weighted by Crippen LogP contribution is -2.36. The number of aromatic nitrogens is 1. The van der Waals surface area contributed by atoms with Gasteiger partial charge in [0.1, 0.15) is 17.2 Å². The molecule has 2 aromatic carbocycles. The van der Waals surface area contributed by atoms with Gasteiger partial charge in [-0.15, -0.1) is 0 Å². The number of amides is 2. The molecule has 0 aliphatic rings. The molecule has 10 heteroatoms. The van der Waals surface area contributed by atoms with Gasteiger partial charge in [0.15, 0.2) is 5.69 Å². The molecule has 1 heterocycles. The molecule has 190 valence electrons. The third-order valence-electron chi connectivity index (χ3n) is 5.47. The maximum atomic E-state index is 12.8. The van der Waals surface area contributed by atoms with Gasteiger partial charge in [0, 0.05) is 18.8 Å². The van der Waals surface area contributed by atoms with Crippen LogP contribution in [0.15, 0.2) is 59.5 Å². The summed E-state index contributed by atoms with van der Waals surface area (Å²) in [5.74, 6) is 0.355. The molecule has 0 saturated heterocycles. The minimum Gasteiger partial charge on any atom is -0.505 e. The van der Waals surface area contributed by atoms with E-state index in [0.29, 0.717) is 17.1 Å². The Kier molecular flexibility index (Phi) is 8.56. The van der Waals surface area contributed by atoms with E-state index in [1.807, 2.05) is 24.3 Å². The largest absolute Gasteiger partial charge is 0.505 e. The number of anilines is 1. The van der Waals surface area contributed by atoms with E-state index in [2.05, 4.69) is 10.6 Å². The SMILES string of the molecule is CCOC(=O)C[C@H](NC(=O)Nc1c(O)ccn(C)c1=O)c1ccc(OC)c(-c2cccc(OC)c2)c1. The highest BCUT2D eigenvalue weighted by atomic mass is 16.5. The predicted molar refractivity (Wildman–Crippen MR) is 134 cm³/mol. The zero-order valence-electron chi connectivity index (χ0n) is 20.5. The van der Waals surface area contributed by atoms with E-state index >= 15 is 0 Å². The van der Waals surface area contributed by atoms with Crippen LogP contribution in [-0.4, -0.2) is 42.5 Å². The van der Waals surface area contributed by atoms with Crippen molar-refractivity contribution in [3.63, 3.8) is 0 Å². The first kappa shape index (κ1) is 26.1. The molecule has 36 heavy (non-hydrogen) atoms. The molecule has 3 N–H and O–H groups in total. The number of aryl methyl sites for hydroxylation is 1. The maximum absolute atomic E-state index is 12.8. The molecule has 0 saturated carbocycles. The van der Waals surface area contributed by atoms with Crippen LogP contribution in [0.5, 0.6) is 17.2 Å². The van der Waals surface area contributed by atoms with Crippen LogP contribution in [0.2, 0.25) is 0 Å². The van der Waals surface area contributed by atoms with E-state index < -0.39 is 23.6 Å². The van der Waals surface area contributed by atoms with Crippen LogP contribution >= 0.6 is 0 Å². The number of hydrogen-bond acceptors (Lipinski definition) is 7. The number of hydrogen-bond donors (Lipinski definition) is 3. The van der Waals surface area contributed by atoms with Crippen molar-refractivity contribution in [3.05, 3.63) is 70.6 Å². The smallest absolute Gasteiger partial charge is 0.319 e. The molecule has 1 aromatic heterocycles. The first-order valence-electron chi connectivity index (χ1n) is 11.2. The summed E-state index contributed by atoms with van der Waals surface area (Å²) in [7, 11) is 4.61. The number of ether oxygens (including phenoxy) is 3. The fourth-order valence-corrected chi connectivity index (χ4v) is 3.64. The van der Waals surface area contributed by atoms with Crippen LogP contribution in [-0.2, 0) is 16.6 Å². The van der Waals surface area contributed by atoms with E-state index in [1.165, 1.54) is 23.9 Å². The average molecular weight is 496 g/mol. The van der Waals surface area contributed by atoms with Crippen molar-refractivity contribution in [2.75, 3.05) is 26.1 Å².